The first kappa shape index (κ1) is 23.1. The van der Waals surface area contributed by atoms with Gasteiger partial charge in [-0.2, -0.15) is 0 Å². The lowest BCUT2D eigenvalue weighted by Gasteiger charge is -2.23. The van der Waals surface area contributed by atoms with E-state index in [1.807, 2.05) is 44.2 Å². The molecule has 2 amide bonds. The van der Waals surface area contributed by atoms with Crippen molar-refractivity contribution in [2.75, 3.05) is 0 Å². The van der Waals surface area contributed by atoms with Gasteiger partial charge in [0.05, 0.1) is 12.4 Å². The number of carbonyl (C=O) groups is 3. The molecule has 0 saturated carbocycles. The molecule has 0 saturated heterocycles. The first-order chi connectivity index (χ1) is 14.3. The molecular weight excluding hydrogens is 386 g/mol. The molecule has 3 atom stereocenters. The number of H-pyrrole nitrogens is 1. The molecule has 0 unspecified atom stereocenters. The van der Waals surface area contributed by atoms with E-state index in [1.165, 1.54) is 12.5 Å². The topological polar surface area (TPSA) is 150 Å². The van der Waals surface area contributed by atoms with Crippen LogP contribution in [0.15, 0.2) is 42.9 Å². The molecule has 0 radical (unpaired) electrons. The Balaban J connectivity index is 2.13. The SMILES string of the molecule is CC(C)C[C@H](N)C(=O)N[C@@H](Cc1ccccc1)C(=O)N[C@@H](Cc1cnc[nH]1)C(=O)O. The smallest absolute Gasteiger partial charge is 0.326 e. The molecule has 0 fully saturated rings. The number of benzene rings is 1. The minimum absolute atomic E-state index is 0.0416. The summed E-state index contributed by atoms with van der Waals surface area (Å²) in [5.74, 6) is -1.99. The van der Waals surface area contributed by atoms with Gasteiger partial charge in [0.15, 0.2) is 0 Å². The van der Waals surface area contributed by atoms with Gasteiger partial charge in [-0.15, -0.1) is 0 Å². The van der Waals surface area contributed by atoms with Crippen LogP contribution in [0.5, 0.6) is 0 Å². The van der Waals surface area contributed by atoms with Gasteiger partial charge >= 0.3 is 5.97 Å². The number of nitrogens with two attached hydrogens (primary N) is 1. The summed E-state index contributed by atoms with van der Waals surface area (Å²) in [6, 6.07) is 6.29. The van der Waals surface area contributed by atoms with Crippen LogP contribution in [0.4, 0.5) is 0 Å². The third-order valence-corrected chi connectivity index (χ3v) is 4.57. The Labute approximate surface area is 175 Å². The minimum Gasteiger partial charge on any atom is -0.480 e. The number of hydrogen-bond donors (Lipinski definition) is 5. The molecule has 0 aliphatic carbocycles. The number of aliphatic carboxylic acids is 1. The fourth-order valence-corrected chi connectivity index (χ4v) is 3.04. The van der Waals surface area contributed by atoms with Gasteiger partial charge in [0.1, 0.15) is 12.1 Å². The molecule has 0 aliphatic rings. The Kier molecular flexibility index (Phi) is 8.54. The number of amides is 2. The summed E-state index contributed by atoms with van der Waals surface area (Å²) in [5, 5.41) is 14.7. The number of carbonyl (C=O) groups excluding carboxylic acids is 2. The van der Waals surface area contributed by atoms with Crippen LogP contribution >= 0.6 is 0 Å². The molecule has 9 nitrogen and oxygen atoms in total. The number of nitrogens with zero attached hydrogens (tertiary/aromatic N) is 1. The van der Waals surface area contributed by atoms with Crippen LogP contribution in [-0.2, 0) is 27.2 Å². The van der Waals surface area contributed by atoms with Gasteiger partial charge in [-0.05, 0) is 17.9 Å². The first-order valence-electron chi connectivity index (χ1n) is 9.86. The lowest BCUT2D eigenvalue weighted by molar-refractivity contribution is -0.142. The Morgan fingerprint density at radius 1 is 1.07 bits per heavy atom. The largest absolute Gasteiger partial charge is 0.480 e. The van der Waals surface area contributed by atoms with Crippen LogP contribution in [0.25, 0.3) is 0 Å². The van der Waals surface area contributed by atoms with Crippen molar-refractivity contribution in [2.45, 2.75) is 51.2 Å². The van der Waals surface area contributed by atoms with Crippen molar-refractivity contribution >= 4 is 17.8 Å². The molecule has 2 aromatic rings. The minimum atomic E-state index is -1.18. The van der Waals surface area contributed by atoms with Crippen molar-refractivity contribution in [1.29, 1.82) is 0 Å². The number of imidazole rings is 1. The maximum Gasteiger partial charge on any atom is 0.326 e. The lowest BCUT2D eigenvalue weighted by atomic mass is 10.0. The van der Waals surface area contributed by atoms with Crippen molar-refractivity contribution in [1.82, 2.24) is 20.6 Å². The van der Waals surface area contributed by atoms with Gasteiger partial charge in [0, 0.05) is 24.7 Å². The maximum absolute atomic E-state index is 12.9. The molecule has 0 aliphatic heterocycles. The second-order valence-electron chi connectivity index (χ2n) is 7.67. The fraction of sp³-hybridized carbons (Fsp3) is 0.429. The van der Waals surface area contributed by atoms with E-state index in [9.17, 15) is 19.5 Å². The van der Waals surface area contributed by atoms with Crippen LogP contribution in [0.2, 0.25) is 0 Å². The van der Waals surface area contributed by atoms with Crippen molar-refractivity contribution in [3.63, 3.8) is 0 Å². The van der Waals surface area contributed by atoms with E-state index in [-0.39, 0.29) is 18.8 Å². The van der Waals surface area contributed by atoms with Crippen LogP contribution in [-0.4, -0.2) is 51.0 Å². The van der Waals surface area contributed by atoms with Gasteiger partial charge in [0.2, 0.25) is 11.8 Å². The number of rotatable bonds is 11. The molecule has 6 N–H and O–H groups in total. The van der Waals surface area contributed by atoms with E-state index >= 15 is 0 Å². The van der Waals surface area contributed by atoms with E-state index in [4.69, 9.17) is 5.73 Å². The number of carboxylic acids is 1. The highest BCUT2D eigenvalue weighted by atomic mass is 16.4. The van der Waals surface area contributed by atoms with E-state index in [1.54, 1.807) is 0 Å². The van der Waals surface area contributed by atoms with Gasteiger partial charge in [-0.3, -0.25) is 9.59 Å². The zero-order valence-corrected chi connectivity index (χ0v) is 17.2. The standard InChI is InChI=1S/C21H29N5O4/c1-13(2)8-16(22)19(27)25-17(9-14-6-4-3-5-7-14)20(28)26-18(21(29)30)10-15-11-23-12-24-15/h3-7,11-13,16-18H,8-10,22H2,1-2H3,(H,23,24)(H,25,27)(H,26,28)(H,29,30)/t16-,17-,18-/m0/s1. The lowest BCUT2D eigenvalue weighted by Crippen LogP contribution is -2.55. The van der Waals surface area contributed by atoms with Crippen LogP contribution in [0, 0.1) is 5.92 Å². The van der Waals surface area contributed by atoms with Gasteiger partial charge in [0.25, 0.3) is 0 Å². The van der Waals surface area contributed by atoms with Crippen LogP contribution < -0.4 is 16.4 Å². The summed E-state index contributed by atoms with van der Waals surface area (Å²) < 4.78 is 0. The Morgan fingerprint density at radius 3 is 2.30 bits per heavy atom. The third kappa shape index (κ3) is 7.32. The zero-order chi connectivity index (χ0) is 22.1. The molecule has 1 heterocycles. The first-order valence-corrected chi connectivity index (χ1v) is 9.86. The second kappa shape index (κ2) is 11.1. The Hall–Kier alpha value is -3.20. The Morgan fingerprint density at radius 2 is 1.73 bits per heavy atom. The summed E-state index contributed by atoms with van der Waals surface area (Å²) >= 11 is 0. The summed E-state index contributed by atoms with van der Waals surface area (Å²) in [4.78, 5) is 43.7. The molecule has 0 bridgehead atoms. The Bertz CT molecular complexity index is 823. The summed E-state index contributed by atoms with van der Waals surface area (Å²) in [7, 11) is 0. The van der Waals surface area contributed by atoms with E-state index < -0.39 is 35.9 Å². The maximum atomic E-state index is 12.9. The van der Waals surface area contributed by atoms with Crippen LogP contribution in [0.1, 0.15) is 31.5 Å². The van der Waals surface area contributed by atoms with E-state index in [0.717, 1.165) is 5.56 Å². The van der Waals surface area contributed by atoms with E-state index in [0.29, 0.717) is 12.1 Å². The molecule has 2 rings (SSSR count). The molecule has 30 heavy (non-hydrogen) atoms. The van der Waals surface area contributed by atoms with E-state index in [2.05, 4.69) is 20.6 Å². The van der Waals surface area contributed by atoms with Crippen LogP contribution in [0.3, 0.4) is 0 Å². The van der Waals surface area contributed by atoms with Gasteiger partial charge < -0.3 is 26.5 Å². The van der Waals surface area contributed by atoms with Gasteiger partial charge in [-0.25, -0.2) is 9.78 Å². The van der Waals surface area contributed by atoms with Crippen molar-refractivity contribution in [3.05, 3.63) is 54.1 Å². The predicted octanol–water partition coefficient (Wildman–Crippen LogP) is 0.623. The third-order valence-electron chi connectivity index (χ3n) is 4.57. The van der Waals surface area contributed by atoms with Gasteiger partial charge in [-0.1, -0.05) is 44.2 Å². The highest BCUT2D eigenvalue weighted by Gasteiger charge is 2.28. The molecule has 0 spiro atoms. The number of carboxylic acid groups (broad SMARTS) is 1. The number of nitrogens with one attached hydrogen (secondary N) is 3. The summed E-state index contributed by atoms with van der Waals surface area (Å²) in [6.45, 7) is 3.91. The molecule has 162 valence electrons. The van der Waals surface area contributed by atoms with Crippen molar-refractivity contribution in [2.24, 2.45) is 11.7 Å². The van der Waals surface area contributed by atoms with Crippen molar-refractivity contribution < 1.29 is 19.5 Å². The molecule has 1 aromatic heterocycles. The summed E-state index contributed by atoms with van der Waals surface area (Å²) in [6.07, 6.45) is 3.66. The predicted molar refractivity (Wildman–Crippen MR) is 111 cm³/mol. The fourth-order valence-electron chi connectivity index (χ4n) is 3.04. The summed E-state index contributed by atoms with van der Waals surface area (Å²) in [5.41, 5.74) is 7.35. The molecule has 9 heteroatoms. The highest BCUT2D eigenvalue weighted by Crippen LogP contribution is 2.07. The molecule has 1 aromatic carbocycles. The monoisotopic (exact) mass is 415 g/mol. The average molecular weight is 415 g/mol. The highest BCUT2D eigenvalue weighted by molar-refractivity contribution is 5.92. The zero-order valence-electron chi connectivity index (χ0n) is 17.2. The number of aromatic amines is 1. The number of hydrogen-bond acceptors (Lipinski definition) is 5. The molecular formula is C21H29N5O4. The second-order valence-corrected chi connectivity index (χ2v) is 7.67. The average Bonchev–Trinajstić information content (AvgIpc) is 3.20. The normalized spacial score (nSPS) is 14.0. The van der Waals surface area contributed by atoms with Crippen molar-refractivity contribution in [3.8, 4) is 0 Å². The quantitative estimate of drug-likeness (QED) is 0.363. The number of aromatic nitrogens is 2.